The van der Waals surface area contributed by atoms with Crippen molar-refractivity contribution in [3.05, 3.63) is 0 Å². The van der Waals surface area contributed by atoms with Gasteiger partial charge >= 0.3 is 5.97 Å². The molecule has 0 spiro atoms. The van der Waals surface area contributed by atoms with Gasteiger partial charge in [-0.1, -0.05) is 20.8 Å². The zero-order chi connectivity index (χ0) is 13.9. The van der Waals surface area contributed by atoms with E-state index in [0.717, 1.165) is 0 Å². The van der Waals surface area contributed by atoms with Crippen molar-refractivity contribution in [1.29, 1.82) is 0 Å². The lowest BCUT2D eigenvalue weighted by Crippen LogP contribution is -2.55. The minimum Gasteiger partial charge on any atom is -0.469 e. The predicted molar refractivity (Wildman–Crippen MR) is 64.1 cm³/mol. The van der Waals surface area contributed by atoms with E-state index in [-0.39, 0.29) is 30.2 Å². The number of methoxy groups -OCH3 is 1. The number of rotatable bonds is 2. The largest absolute Gasteiger partial charge is 0.469 e. The maximum absolute atomic E-state index is 12.0. The number of nitrogens with zero attached hydrogens (tertiary/aromatic N) is 1. The van der Waals surface area contributed by atoms with E-state index in [0.29, 0.717) is 6.42 Å². The first-order valence-electron chi connectivity index (χ1n) is 5.90. The molecule has 1 heterocycles. The molecule has 18 heavy (non-hydrogen) atoms. The molecule has 1 rings (SSSR count). The Balaban J connectivity index is 2.69. The number of hydrogen-bond donors (Lipinski definition) is 1. The molecule has 0 aromatic carbocycles. The summed E-state index contributed by atoms with van der Waals surface area (Å²) in [7, 11) is 1.27. The third-order valence-corrected chi connectivity index (χ3v) is 2.61. The van der Waals surface area contributed by atoms with E-state index in [9.17, 15) is 14.4 Å². The molecule has 6 heteroatoms. The summed E-state index contributed by atoms with van der Waals surface area (Å²) in [4.78, 5) is 34.9. The van der Waals surface area contributed by atoms with Gasteiger partial charge in [-0.25, -0.2) is 0 Å². The van der Waals surface area contributed by atoms with Crippen LogP contribution in [0.2, 0.25) is 0 Å². The van der Waals surface area contributed by atoms with Crippen molar-refractivity contribution in [2.75, 3.05) is 13.7 Å². The number of carbonyl (C=O) groups is 3. The van der Waals surface area contributed by atoms with Crippen molar-refractivity contribution in [2.45, 2.75) is 33.6 Å². The van der Waals surface area contributed by atoms with Crippen molar-refractivity contribution in [3.63, 3.8) is 0 Å². The average Bonchev–Trinajstić information content (AvgIpc) is 2.24. The fourth-order valence-electron chi connectivity index (χ4n) is 1.79. The van der Waals surface area contributed by atoms with Gasteiger partial charge in [0.15, 0.2) is 0 Å². The molecule has 1 atom stereocenters. The third-order valence-electron chi connectivity index (χ3n) is 2.61. The Morgan fingerprint density at radius 2 is 2.06 bits per heavy atom. The number of amides is 2. The summed E-state index contributed by atoms with van der Waals surface area (Å²) in [5.74, 6) is -1.56. The Bertz CT molecular complexity index is 360. The number of ether oxygens (including phenoxy) is 1. The van der Waals surface area contributed by atoms with E-state index >= 15 is 0 Å². The molecule has 102 valence electrons. The molecule has 1 fully saturated rings. The number of hydrogen-bond acceptors (Lipinski definition) is 4. The lowest BCUT2D eigenvalue weighted by atomic mass is 9.91. The van der Waals surface area contributed by atoms with Gasteiger partial charge in [-0.3, -0.25) is 24.8 Å². The summed E-state index contributed by atoms with van der Waals surface area (Å²) in [6.07, 6.45) is 0.368. The van der Waals surface area contributed by atoms with Crippen molar-refractivity contribution in [1.82, 2.24) is 10.4 Å². The maximum atomic E-state index is 12.0. The monoisotopic (exact) mass is 256 g/mol. The van der Waals surface area contributed by atoms with Gasteiger partial charge in [0.25, 0.3) is 0 Å². The van der Waals surface area contributed by atoms with Gasteiger partial charge in [0, 0.05) is 12.8 Å². The number of esters is 1. The average molecular weight is 256 g/mol. The van der Waals surface area contributed by atoms with E-state index in [2.05, 4.69) is 10.2 Å². The van der Waals surface area contributed by atoms with Gasteiger partial charge in [0.05, 0.1) is 19.6 Å². The first-order valence-corrected chi connectivity index (χ1v) is 5.90. The summed E-state index contributed by atoms with van der Waals surface area (Å²) in [5, 5.41) is 1.22. The SMILES string of the molecule is COC(=O)C1CC(=O)NN(C(=O)CC(C)(C)C)C1. The van der Waals surface area contributed by atoms with Crippen LogP contribution in [0.4, 0.5) is 0 Å². The zero-order valence-corrected chi connectivity index (χ0v) is 11.3. The second-order valence-corrected chi connectivity index (χ2v) is 5.70. The summed E-state index contributed by atoms with van der Waals surface area (Å²) < 4.78 is 4.61. The second-order valence-electron chi connectivity index (χ2n) is 5.70. The highest BCUT2D eigenvalue weighted by molar-refractivity contribution is 5.88. The summed E-state index contributed by atoms with van der Waals surface area (Å²) >= 11 is 0. The molecule has 1 unspecified atom stereocenters. The third kappa shape index (κ3) is 4.01. The van der Waals surface area contributed by atoms with Crippen LogP contribution in [0.15, 0.2) is 0 Å². The Morgan fingerprint density at radius 3 is 2.56 bits per heavy atom. The zero-order valence-electron chi connectivity index (χ0n) is 11.3. The van der Waals surface area contributed by atoms with Crippen LogP contribution in [0.25, 0.3) is 0 Å². The van der Waals surface area contributed by atoms with E-state index < -0.39 is 11.9 Å². The number of carbonyl (C=O) groups excluding carboxylic acids is 3. The Hall–Kier alpha value is -1.59. The van der Waals surface area contributed by atoms with Gasteiger partial charge in [-0.15, -0.1) is 0 Å². The van der Waals surface area contributed by atoms with Gasteiger partial charge in [-0.05, 0) is 5.41 Å². The quantitative estimate of drug-likeness (QED) is 0.729. The highest BCUT2D eigenvalue weighted by Gasteiger charge is 2.34. The molecule has 6 nitrogen and oxygen atoms in total. The molecule has 2 amide bonds. The van der Waals surface area contributed by atoms with Crippen LogP contribution in [0.3, 0.4) is 0 Å². The minimum absolute atomic E-state index is 0.0615. The van der Waals surface area contributed by atoms with Crippen LogP contribution in [-0.4, -0.2) is 36.4 Å². The van der Waals surface area contributed by atoms with Crippen molar-refractivity contribution >= 4 is 17.8 Å². The Kier molecular flexibility index (Phi) is 4.32. The molecule has 1 N–H and O–H groups in total. The molecule has 1 aliphatic heterocycles. The molecule has 0 radical (unpaired) electrons. The number of hydrazine groups is 1. The van der Waals surface area contributed by atoms with E-state index in [1.54, 1.807) is 0 Å². The Labute approximate surface area is 107 Å². The fraction of sp³-hybridized carbons (Fsp3) is 0.750. The Morgan fingerprint density at radius 1 is 1.44 bits per heavy atom. The molecule has 1 aliphatic rings. The first kappa shape index (κ1) is 14.5. The summed E-state index contributed by atoms with van der Waals surface area (Å²) in [6.45, 7) is 5.99. The molecule has 0 bridgehead atoms. The molecule has 0 aromatic rings. The van der Waals surface area contributed by atoms with Crippen LogP contribution < -0.4 is 5.43 Å². The smallest absolute Gasteiger partial charge is 0.311 e. The molecule has 1 saturated heterocycles. The van der Waals surface area contributed by atoms with Crippen LogP contribution >= 0.6 is 0 Å². The van der Waals surface area contributed by atoms with Crippen molar-refractivity contribution in [3.8, 4) is 0 Å². The fourth-order valence-corrected chi connectivity index (χ4v) is 1.79. The van der Waals surface area contributed by atoms with Gasteiger partial charge in [0.1, 0.15) is 0 Å². The standard InChI is InChI=1S/C12H20N2O4/c1-12(2,3)6-10(16)14-7-8(11(17)18-4)5-9(15)13-14/h8H,5-7H2,1-4H3,(H,13,15). The van der Waals surface area contributed by atoms with Crippen molar-refractivity contribution < 1.29 is 19.1 Å². The lowest BCUT2D eigenvalue weighted by molar-refractivity contribution is -0.157. The molecular formula is C12H20N2O4. The predicted octanol–water partition coefficient (Wildman–Crippen LogP) is 0.475. The molecule has 0 saturated carbocycles. The van der Waals surface area contributed by atoms with Crippen LogP contribution in [0.5, 0.6) is 0 Å². The molecular weight excluding hydrogens is 236 g/mol. The minimum atomic E-state index is -0.576. The second kappa shape index (κ2) is 5.37. The summed E-state index contributed by atoms with van der Waals surface area (Å²) in [6, 6.07) is 0. The molecule has 0 aromatic heterocycles. The normalized spacial score (nSPS) is 20.3. The lowest BCUT2D eigenvalue weighted by Gasteiger charge is -2.33. The van der Waals surface area contributed by atoms with Crippen LogP contribution in [0, 0.1) is 11.3 Å². The summed E-state index contributed by atoms with van der Waals surface area (Å²) in [5.41, 5.74) is 2.32. The van der Waals surface area contributed by atoms with Crippen LogP contribution in [0.1, 0.15) is 33.6 Å². The molecule has 0 aliphatic carbocycles. The van der Waals surface area contributed by atoms with Crippen LogP contribution in [-0.2, 0) is 19.1 Å². The highest BCUT2D eigenvalue weighted by Crippen LogP contribution is 2.21. The maximum Gasteiger partial charge on any atom is 0.311 e. The van der Waals surface area contributed by atoms with Crippen molar-refractivity contribution in [2.24, 2.45) is 11.3 Å². The van der Waals surface area contributed by atoms with Gasteiger partial charge in [0.2, 0.25) is 11.8 Å². The van der Waals surface area contributed by atoms with Gasteiger partial charge in [-0.2, -0.15) is 0 Å². The number of nitrogens with one attached hydrogen (secondary N) is 1. The highest BCUT2D eigenvalue weighted by atomic mass is 16.5. The van der Waals surface area contributed by atoms with Gasteiger partial charge < -0.3 is 4.74 Å². The van der Waals surface area contributed by atoms with E-state index in [1.165, 1.54) is 12.1 Å². The van der Waals surface area contributed by atoms with E-state index in [1.807, 2.05) is 20.8 Å². The van der Waals surface area contributed by atoms with E-state index in [4.69, 9.17) is 0 Å². The first-order chi connectivity index (χ1) is 8.23. The topological polar surface area (TPSA) is 75.7 Å².